The number of aromatic nitrogens is 2. The Labute approximate surface area is 189 Å². The minimum atomic E-state index is -0.398. The molecule has 31 heavy (non-hydrogen) atoms. The molecule has 9 heteroatoms. The van der Waals surface area contributed by atoms with Crippen molar-refractivity contribution < 1.29 is 9.59 Å². The summed E-state index contributed by atoms with van der Waals surface area (Å²) < 4.78 is 0.678. The third-order valence-electron chi connectivity index (χ3n) is 5.56. The van der Waals surface area contributed by atoms with Crippen LogP contribution in [0, 0.1) is 0 Å². The van der Waals surface area contributed by atoms with Crippen molar-refractivity contribution in [1.29, 1.82) is 0 Å². The zero-order valence-corrected chi connectivity index (χ0v) is 18.5. The molecular weight excluding hydrogens is 434 g/mol. The van der Waals surface area contributed by atoms with E-state index in [0.29, 0.717) is 29.7 Å². The SMILES string of the molecule is C[C@H]1C(C=O)N(Cc2ccc3c(N)cnnc3c2)CCN1C(=O)C=Cc1ccc(Cl)s1. The maximum atomic E-state index is 12.7. The molecule has 0 aliphatic carbocycles. The van der Waals surface area contributed by atoms with Gasteiger partial charge >= 0.3 is 0 Å². The number of aldehydes is 1. The lowest BCUT2D eigenvalue weighted by Gasteiger charge is -2.43. The number of nitrogens with two attached hydrogens (primary N) is 1. The summed E-state index contributed by atoms with van der Waals surface area (Å²) in [6.07, 6.45) is 5.76. The van der Waals surface area contributed by atoms with Crippen LogP contribution in [0.2, 0.25) is 4.34 Å². The Morgan fingerprint density at radius 3 is 2.90 bits per heavy atom. The largest absolute Gasteiger partial charge is 0.397 e. The minimum Gasteiger partial charge on any atom is -0.397 e. The van der Waals surface area contributed by atoms with E-state index < -0.39 is 6.04 Å². The van der Waals surface area contributed by atoms with Gasteiger partial charge in [0.15, 0.2) is 0 Å². The molecule has 1 aromatic carbocycles. The molecule has 1 aliphatic heterocycles. The number of benzene rings is 1. The highest BCUT2D eigenvalue weighted by atomic mass is 35.5. The lowest BCUT2D eigenvalue weighted by molar-refractivity contribution is -0.134. The highest BCUT2D eigenvalue weighted by Crippen LogP contribution is 2.24. The van der Waals surface area contributed by atoms with Crippen LogP contribution in [0.3, 0.4) is 0 Å². The van der Waals surface area contributed by atoms with Gasteiger partial charge in [0.2, 0.25) is 5.91 Å². The zero-order valence-electron chi connectivity index (χ0n) is 16.9. The molecule has 0 spiro atoms. The van der Waals surface area contributed by atoms with Crippen molar-refractivity contribution in [3.63, 3.8) is 0 Å². The van der Waals surface area contributed by atoms with Crippen LogP contribution in [0.1, 0.15) is 17.4 Å². The van der Waals surface area contributed by atoms with Crippen molar-refractivity contribution in [2.75, 3.05) is 18.8 Å². The van der Waals surface area contributed by atoms with E-state index in [4.69, 9.17) is 17.3 Å². The molecule has 0 radical (unpaired) electrons. The summed E-state index contributed by atoms with van der Waals surface area (Å²) in [5, 5.41) is 8.91. The van der Waals surface area contributed by atoms with Gasteiger partial charge in [0, 0.05) is 36.0 Å². The van der Waals surface area contributed by atoms with Gasteiger partial charge in [-0.15, -0.1) is 11.3 Å². The highest BCUT2D eigenvalue weighted by molar-refractivity contribution is 7.17. The summed E-state index contributed by atoms with van der Waals surface area (Å²) in [5.74, 6) is -0.111. The van der Waals surface area contributed by atoms with Crippen molar-refractivity contribution >= 4 is 57.8 Å². The van der Waals surface area contributed by atoms with Crippen molar-refractivity contribution in [2.45, 2.75) is 25.6 Å². The molecule has 0 saturated carbocycles. The maximum Gasteiger partial charge on any atom is 0.246 e. The van der Waals surface area contributed by atoms with Crippen LogP contribution in [0.25, 0.3) is 17.0 Å². The predicted octanol–water partition coefficient (Wildman–Crippen LogP) is 3.24. The van der Waals surface area contributed by atoms with E-state index in [2.05, 4.69) is 15.1 Å². The fourth-order valence-electron chi connectivity index (χ4n) is 3.90. The smallest absolute Gasteiger partial charge is 0.246 e. The number of carbonyl (C=O) groups is 2. The Kier molecular flexibility index (Phi) is 6.31. The average Bonchev–Trinajstić information content (AvgIpc) is 3.17. The van der Waals surface area contributed by atoms with Crippen molar-refractivity contribution in [2.24, 2.45) is 0 Å². The van der Waals surface area contributed by atoms with Gasteiger partial charge in [-0.05, 0) is 36.8 Å². The first-order chi connectivity index (χ1) is 15.0. The van der Waals surface area contributed by atoms with Crippen LogP contribution in [0.4, 0.5) is 5.69 Å². The lowest BCUT2D eigenvalue weighted by atomic mass is 10.0. The topological polar surface area (TPSA) is 92.4 Å². The van der Waals surface area contributed by atoms with Crippen LogP contribution in [0.5, 0.6) is 0 Å². The number of thiophene rings is 1. The quantitative estimate of drug-likeness (QED) is 0.469. The van der Waals surface area contributed by atoms with Crippen LogP contribution in [0.15, 0.2) is 42.6 Å². The van der Waals surface area contributed by atoms with Gasteiger partial charge in [-0.2, -0.15) is 10.2 Å². The second-order valence-corrected chi connectivity index (χ2v) is 9.24. The predicted molar refractivity (Wildman–Crippen MR) is 124 cm³/mol. The second kappa shape index (κ2) is 9.13. The minimum absolute atomic E-state index is 0.111. The number of hydrogen-bond donors (Lipinski definition) is 1. The number of carbonyl (C=O) groups excluding carboxylic acids is 2. The molecule has 3 heterocycles. The molecule has 2 atom stereocenters. The van der Waals surface area contributed by atoms with Crippen LogP contribution in [-0.4, -0.2) is 57.4 Å². The van der Waals surface area contributed by atoms with Gasteiger partial charge in [-0.3, -0.25) is 9.69 Å². The fraction of sp³-hybridized carbons (Fsp3) is 0.273. The standard InChI is InChI=1S/C22H22ClN5O2S/c1-14-20(13-29)27(12-15-2-5-17-18(24)11-25-26-19(17)10-15)8-9-28(14)22(30)7-4-16-3-6-21(23)31-16/h2-7,10-11,13-14,20H,8-9,12H2,1H3,(H2,24,26)/t14-,20?/m0/s1. The number of amides is 1. The Balaban J connectivity index is 1.46. The van der Waals surface area contributed by atoms with Gasteiger partial charge in [-0.1, -0.05) is 23.7 Å². The number of nitrogens with zero attached hydrogens (tertiary/aromatic N) is 4. The summed E-state index contributed by atoms with van der Waals surface area (Å²) in [6.45, 7) is 3.62. The van der Waals surface area contributed by atoms with Gasteiger partial charge in [0.25, 0.3) is 0 Å². The van der Waals surface area contributed by atoms with Gasteiger partial charge < -0.3 is 15.4 Å². The second-order valence-electron chi connectivity index (χ2n) is 7.50. The van der Waals surface area contributed by atoms with E-state index in [1.807, 2.05) is 31.2 Å². The highest BCUT2D eigenvalue weighted by Gasteiger charge is 2.35. The third-order valence-corrected chi connectivity index (χ3v) is 6.76. The summed E-state index contributed by atoms with van der Waals surface area (Å²) in [4.78, 5) is 29.4. The molecule has 0 bridgehead atoms. The maximum absolute atomic E-state index is 12.7. The molecule has 1 fully saturated rings. The molecular formula is C22H22ClN5O2S. The number of hydrogen-bond acceptors (Lipinski definition) is 7. The van der Waals surface area contributed by atoms with Gasteiger partial charge in [0.1, 0.15) is 6.29 Å². The Morgan fingerprint density at radius 2 is 2.16 bits per heavy atom. The van der Waals surface area contributed by atoms with E-state index in [1.165, 1.54) is 17.5 Å². The molecule has 1 unspecified atom stereocenters. The van der Waals surface area contributed by atoms with Crippen molar-refractivity contribution in [3.05, 3.63) is 57.4 Å². The van der Waals surface area contributed by atoms with E-state index in [9.17, 15) is 9.59 Å². The van der Waals surface area contributed by atoms with Crippen molar-refractivity contribution in [1.82, 2.24) is 20.0 Å². The molecule has 2 aromatic heterocycles. The van der Waals surface area contributed by atoms with Crippen molar-refractivity contribution in [3.8, 4) is 0 Å². The van der Waals surface area contributed by atoms with Crippen LogP contribution >= 0.6 is 22.9 Å². The zero-order chi connectivity index (χ0) is 22.0. The number of anilines is 1. The van der Waals surface area contributed by atoms with E-state index in [1.54, 1.807) is 23.1 Å². The first kappa shape index (κ1) is 21.4. The number of fused-ring (bicyclic) bond motifs is 1. The molecule has 160 valence electrons. The first-order valence-corrected chi connectivity index (χ1v) is 11.1. The molecule has 7 nitrogen and oxygen atoms in total. The average molecular weight is 456 g/mol. The molecule has 4 rings (SSSR count). The summed E-state index contributed by atoms with van der Waals surface area (Å²) in [7, 11) is 0. The molecule has 2 N–H and O–H groups in total. The van der Waals surface area contributed by atoms with E-state index in [-0.39, 0.29) is 11.9 Å². The summed E-state index contributed by atoms with van der Waals surface area (Å²) in [6, 6.07) is 8.88. The molecule has 1 amide bonds. The molecule has 3 aromatic rings. The van der Waals surface area contributed by atoms with Crippen LogP contribution < -0.4 is 5.73 Å². The Hall–Kier alpha value is -2.81. The summed E-state index contributed by atoms with van der Waals surface area (Å²) >= 11 is 7.35. The number of rotatable bonds is 5. The monoisotopic (exact) mass is 455 g/mol. The lowest BCUT2D eigenvalue weighted by Crippen LogP contribution is -2.60. The third kappa shape index (κ3) is 4.61. The number of nitrogen functional groups attached to an aromatic ring is 1. The Bertz CT molecular complexity index is 1150. The van der Waals surface area contributed by atoms with Crippen LogP contribution in [-0.2, 0) is 16.1 Å². The Morgan fingerprint density at radius 1 is 1.32 bits per heavy atom. The number of halogens is 1. The summed E-state index contributed by atoms with van der Waals surface area (Å²) in [5.41, 5.74) is 8.27. The van der Waals surface area contributed by atoms with Gasteiger partial charge in [-0.25, -0.2) is 0 Å². The van der Waals surface area contributed by atoms with E-state index in [0.717, 1.165) is 27.6 Å². The normalized spacial score (nSPS) is 19.9. The fourth-order valence-corrected chi connectivity index (χ4v) is 4.86. The molecule has 1 aliphatic rings. The molecule has 1 saturated heterocycles. The van der Waals surface area contributed by atoms with Gasteiger partial charge in [0.05, 0.1) is 33.8 Å². The number of piperazine rings is 1. The van der Waals surface area contributed by atoms with E-state index >= 15 is 0 Å². The first-order valence-electron chi connectivity index (χ1n) is 9.89.